The highest BCUT2D eigenvalue weighted by Gasteiger charge is 2.23. The maximum Gasteiger partial charge on any atom is 0.161 e. The van der Waals surface area contributed by atoms with Crippen LogP contribution in [0.1, 0.15) is 22.7 Å². The standard InChI is InChI=1S/C17H18ClNO2/c1-20-15-9-11-6-7-19-17(14(11)10-16(15)21-2)12-4-3-5-13(18)8-12/h3-5,8-10,17,19H,6-7H2,1-2H3/t17-/m1/s1. The molecule has 0 aliphatic carbocycles. The Hall–Kier alpha value is -1.71. The minimum absolute atomic E-state index is 0.132. The number of hydrogen-bond acceptors (Lipinski definition) is 3. The number of rotatable bonds is 3. The van der Waals surface area contributed by atoms with E-state index in [9.17, 15) is 0 Å². The largest absolute Gasteiger partial charge is 0.493 e. The number of fused-ring (bicyclic) bond motifs is 1. The number of benzene rings is 2. The summed E-state index contributed by atoms with van der Waals surface area (Å²) in [5, 5.41) is 4.30. The third-order valence-electron chi connectivity index (χ3n) is 3.88. The molecule has 1 aliphatic heterocycles. The molecule has 0 amide bonds. The van der Waals surface area contributed by atoms with Gasteiger partial charge in [-0.15, -0.1) is 0 Å². The van der Waals surface area contributed by atoms with Crippen LogP contribution >= 0.6 is 11.6 Å². The zero-order valence-electron chi connectivity index (χ0n) is 12.2. The van der Waals surface area contributed by atoms with Crippen molar-refractivity contribution < 1.29 is 9.47 Å². The average molecular weight is 304 g/mol. The van der Waals surface area contributed by atoms with E-state index in [-0.39, 0.29) is 6.04 Å². The van der Waals surface area contributed by atoms with Crippen LogP contribution in [-0.4, -0.2) is 20.8 Å². The molecule has 21 heavy (non-hydrogen) atoms. The monoisotopic (exact) mass is 303 g/mol. The Labute approximate surface area is 129 Å². The molecular formula is C17H18ClNO2. The zero-order chi connectivity index (χ0) is 14.8. The Balaban J connectivity index is 2.09. The molecule has 110 valence electrons. The summed E-state index contributed by atoms with van der Waals surface area (Å²) < 4.78 is 10.8. The quantitative estimate of drug-likeness (QED) is 0.940. The van der Waals surface area contributed by atoms with Crippen molar-refractivity contribution in [3.8, 4) is 11.5 Å². The first-order chi connectivity index (χ1) is 10.2. The second-order valence-corrected chi connectivity index (χ2v) is 5.53. The molecule has 0 radical (unpaired) electrons. The van der Waals surface area contributed by atoms with E-state index in [0.717, 1.165) is 35.1 Å². The fourth-order valence-electron chi connectivity index (χ4n) is 2.87. The molecule has 3 rings (SSSR count). The topological polar surface area (TPSA) is 30.5 Å². The van der Waals surface area contributed by atoms with Crippen LogP contribution in [0.4, 0.5) is 0 Å². The van der Waals surface area contributed by atoms with E-state index in [2.05, 4.69) is 23.5 Å². The molecule has 1 atom stereocenters. The molecule has 0 saturated heterocycles. The highest BCUT2D eigenvalue weighted by atomic mass is 35.5. The lowest BCUT2D eigenvalue weighted by Gasteiger charge is -2.28. The predicted molar refractivity (Wildman–Crippen MR) is 84.5 cm³/mol. The van der Waals surface area contributed by atoms with Crippen molar-refractivity contribution in [2.45, 2.75) is 12.5 Å². The van der Waals surface area contributed by atoms with Gasteiger partial charge in [-0.1, -0.05) is 23.7 Å². The van der Waals surface area contributed by atoms with Crippen LogP contribution in [0.25, 0.3) is 0 Å². The summed E-state index contributed by atoms with van der Waals surface area (Å²) >= 11 is 6.12. The molecule has 3 nitrogen and oxygen atoms in total. The SMILES string of the molecule is COc1cc2c(cc1OC)[C@@H](c1cccc(Cl)c1)NCC2. The molecule has 2 aromatic carbocycles. The van der Waals surface area contributed by atoms with Gasteiger partial charge in [0.1, 0.15) is 0 Å². The summed E-state index contributed by atoms with van der Waals surface area (Å²) in [6.07, 6.45) is 0.979. The van der Waals surface area contributed by atoms with Crippen molar-refractivity contribution in [3.05, 3.63) is 58.1 Å². The van der Waals surface area contributed by atoms with E-state index >= 15 is 0 Å². The molecule has 1 N–H and O–H groups in total. The fourth-order valence-corrected chi connectivity index (χ4v) is 3.07. The highest BCUT2D eigenvalue weighted by Crippen LogP contribution is 2.37. The minimum atomic E-state index is 0.132. The van der Waals surface area contributed by atoms with Gasteiger partial charge < -0.3 is 14.8 Å². The van der Waals surface area contributed by atoms with Crippen LogP contribution in [0.15, 0.2) is 36.4 Å². The molecule has 0 aromatic heterocycles. The summed E-state index contributed by atoms with van der Waals surface area (Å²) in [6, 6.07) is 12.2. The molecule has 0 unspecified atom stereocenters. The lowest BCUT2D eigenvalue weighted by Crippen LogP contribution is -2.30. The maximum absolute atomic E-state index is 6.12. The molecule has 0 spiro atoms. The van der Waals surface area contributed by atoms with Crippen LogP contribution in [0.5, 0.6) is 11.5 Å². The van der Waals surface area contributed by atoms with E-state index in [1.54, 1.807) is 14.2 Å². The number of methoxy groups -OCH3 is 2. The van der Waals surface area contributed by atoms with Crippen molar-refractivity contribution in [2.75, 3.05) is 20.8 Å². The predicted octanol–water partition coefficient (Wildman–Crippen LogP) is 3.59. The fraction of sp³-hybridized carbons (Fsp3) is 0.294. The van der Waals surface area contributed by atoms with Gasteiger partial charge >= 0.3 is 0 Å². The summed E-state index contributed by atoms with van der Waals surface area (Å²) in [5.41, 5.74) is 3.67. The minimum Gasteiger partial charge on any atom is -0.493 e. The lowest BCUT2D eigenvalue weighted by molar-refractivity contribution is 0.353. The molecule has 1 heterocycles. The van der Waals surface area contributed by atoms with Gasteiger partial charge in [0.15, 0.2) is 11.5 Å². The van der Waals surface area contributed by atoms with Crippen LogP contribution in [0.3, 0.4) is 0 Å². The number of nitrogens with one attached hydrogen (secondary N) is 1. The summed E-state index contributed by atoms with van der Waals surface area (Å²) in [7, 11) is 3.33. The highest BCUT2D eigenvalue weighted by molar-refractivity contribution is 6.30. The Morgan fingerprint density at radius 1 is 1.10 bits per heavy atom. The van der Waals surface area contributed by atoms with Crippen molar-refractivity contribution >= 4 is 11.6 Å². The van der Waals surface area contributed by atoms with Crippen molar-refractivity contribution in [3.63, 3.8) is 0 Å². The van der Waals surface area contributed by atoms with Crippen LogP contribution in [0.2, 0.25) is 5.02 Å². The Bertz CT molecular complexity index is 657. The Morgan fingerprint density at radius 3 is 2.57 bits per heavy atom. The van der Waals surface area contributed by atoms with Gasteiger partial charge in [-0.2, -0.15) is 0 Å². The van der Waals surface area contributed by atoms with Gasteiger partial charge in [-0.25, -0.2) is 0 Å². The van der Waals surface area contributed by atoms with Crippen LogP contribution in [0, 0.1) is 0 Å². The molecule has 1 aliphatic rings. The number of ether oxygens (including phenoxy) is 2. The molecule has 4 heteroatoms. The maximum atomic E-state index is 6.12. The Morgan fingerprint density at radius 2 is 1.86 bits per heavy atom. The zero-order valence-corrected chi connectivity index (χ0v) is 12.9. The van der Waals surface area contributed by atoms with E-state index in [4.69, 9.17) is 21.1 Å². The van der Waals surface area contributed by atoms with E-state index in [1.807, 2.05) is 18.2 Å². The van der Waals surface area contributed by atoms with Gasteiger partial charge in [0.2, 0.25) is 0 Å². The third-order valence-corrected chi connectivity index (χ3v) is 4.12. The second kappa shape index (κ2) is 5.96. The summed E-state index contributed by atoms with van der Waals surface area (Å²) in [6.45, 7) is 0.930. The molecule has 2 aromatic rings. The van der Waals surface area contributed by atoms with Crippen LogP contribution < -0.4 is 14.8 Å². The first-order valence-corrected chi connectivity index (χ1v) is 7.34. The van der Waals surface area contributed by atoms with Gasteiger partial charge in [-0.3, -0.25) is 0 Å². The van der Waals surface area contributed by atoms with Gasteiger partial charge in [0, 0.05) is 11.6 Å². The summed E-state index contributed by atoms with van der Waals surface area (Å²) in [4.78, 5) is 0. The lowest BCUT2D eigenvalue weighted by atomic mass is 9.89. The first-order valence-electron chi connectivity index (χ1n) is 6.96. The third kappa shape index (κ3) is 2.71. The van der Waals surface area contributed by atoms with E-state index < -0.39 is 0 Å². The number of halogens is 1. The van der Waals surface area contributed by atoms with Gasteiger partial charge in [0.25, 0.3) is 0 Å². The van der Waals surface area contributed by atoms with E-state index in [0.29, 0.717) is 0 Å². The first kappa shape index (κ1) is 14.2. The molecular weight excluding hydrogens is 286 g/mol. The summed E-state index contributed by atoms with van der Waals surface area (Å²) in [5.74, 6) is 1.54. The molecule has 0 saturated carbocycles. The van der Waals surface area contributed by atoms with Crippen molar-refractivity contribution in [1.82, 2.24) is 5.32 Å². The van der Waals surface area contributed by atoms with Crippen molar-refractivity contribution in [2.24, 2.45) is 0 Å². The van der Waals surface area contributed by atoms with Gasteiger partial charge in [0.05, 0.1) is 20.3 Å². The van der Waals surface area contributed by atoms with Crippen molar-refractivity contribution in [1.29, 1.82) is 0 Å². The second-order valence-electron chi connectivity index (χ2n) is 5.10. The van der Waals surface area contributed by atoms with E-state index in [1.165, 1.54) is 11.1 Å². The molecule has 0 bridgehead atoms. The van der Waals surface area contributed by atoms with Gasteiger partial charge in [-0.05, 0) is 47.4 Å². The normalized spacial score (nSPS) is 17.2. The molecule has 0 fully saturated rings. The number of hydrogen-bond donors (Lipinski definition) is 1. The average Bonchev–Trinajstić information content (AvgIpc) is 2.52. The van der Waals surface area contributed by atoms with Crippen LogP contribution in [-0.2, 0) is 6.42 Å². The smallest absolute Gasteiger partial charge is 0.161 e. The Kier molecular flexibility index (Phi) is 4.04.